The number of nitrogens with zero attached hydrogens (tertiary/aromatic N) is 5. The van der Waals surface area contributed by atoms with Gasteiger partial charge < -0.3 is 19.3 Å². The van der Waals surface area contributed by atoms with Crippen LogP contribution in [0.1, 0.15) is 12.7 Å². The fraction of sp³-hybridized carbons (Fsp3) is 0.524. The van der Waals surface area contributed by atoms with Crippen LogP contribution in [-0.4, -0.2) is 81.8 Å². The number of anilines is 2. The van der Waals surface area contributed by atoms with E-state index in [-0.39, 0.29) is 4.90 Å². The summed E-state index contributed by atoms with van der Waals surface area (Å²) in [5.41, 5.74) is 0. The van der Waals surface area contributed by atoms with E-state index < -0.39 is 10.0 Å². The van der Waals surface area contributed by atoms with Crippen molar-refractivity contribution in [3.63, 3.8) is 0 Å². The van der Waals surface area contributed by atoms with Gasteiger partial charge in [-0.25, -0.2) is 18.4 Å². The molecule has 32 heavy (non-hydrogen) atoms. The maximum Gasteiger partial charge on any atom is 0.246 e. The van der Waals surface area contributed by atoms with Crippen LogP contribution in [0, 0.1) is 6.92 Å². The van der Waals surface area contributed by atoms with Crippen molar-refractivity contribution in [2.45, 2.75) is 18.7 Å². The van der Waals surface area contributed by atoms with Crippen molar-refractivity contribution in [2.24, 2.45) is 0 Å². The largest absolute Gasteiger partial charge is 0.492 e. The molecule has 0 unspecified atom stereocenters. The number of hydrogen-bond donors (Lipinski definition) is 0. The Kier molecular flexibility index (Phi) is 7.18. The number of benzene rings is 1. The van der Waals surface area contributed by atoms with Crippen LogP contribution in [0.2, 0.25) is 0 Å². The Bertz CT molecular complexity index is 1050. The molecule has 1 aromatic heterocycles. The van der Waals surface area contributed by atoms with E-state index in [2.05, 4.69) is 35.7 Å². The molecule has 0 N–H and O–H groups in total. The monoisotopic (exact) mass is 525 g/mol. The number of aromatic nitrogens is 2. The van der Waals surface area contributed by atoms with Crippen LogP contribution in [0.3, 0.4) is 0 Å². The topological polar surface area (TPSA) is 88.1 Å². The van der Waals surface area contributed by atoms with Crippen LogP contribution < -0.4 is 14.5 Å². The second-order valence-corrected chi connectivity index (χ2v) is 10.5. The molecule has 2 fully saturated rings. The van der Waals surface area contributed by atoms with Gasteiger partial charge in [0.15, 0.2) is 0 Å². The summed E-state index contributed by atoms with van der Waals surface area (Å²) in [6.45, 7) is 8.95. The van der Waals surface area contributed by atoms with E-state index in [1.54, 1.807) is 18.2 Å². The molecule has 9 nitrogen and oxygen atoms in total. The van der Waals surface area contributed by atoms with Gasteiger partial charge in [0.1, 0.15) is 28.1 Å². The Morgan fingerprint density at radius 3 is 2.25 bits per heavy atom. The first-order chi connectivity index (χ1) is 15.4. The number of morpholine rings is 1. The zero-order chi connectivity index (χ0) is 22.7. The maximum absolute atomic E-state index is 13.4. The Hall–Kier alpha value is -1.95. The molecule has 0 aliphatic carbocycles. The first kappa shape index (κ1) is 23.2. The Labute approximate surface area is 197 Å². The third-order valence-corrected chi connectivity index (χ3v) is 7.95. The number of sulfonamides is 1. The van der Waals surface area contributed by atoms with Gasteiger partial charge in [-0.1, -0.05) is 15.9 Å². The summed E-state index contributed by atoms with van der Waals surface area (Å²) in [6.07, 6.45) is 0. The van der Waals surface area contributed by atoms with E-state index in [0.29, 0.717) is 62.0 Å². The van der Waals surface area contributed by atoms with Gasteiger partial charge >= 0.3 is 0 Å². The smallest absolute Gasteiger partial charge is 0.246 e. The zero-order valence-electron chi connectivity index (χ0n) is 18.3. The van der Waals surface area contributed by atoms with Gasteiger partial charge in [0.25, 0.3) is 0 Å². The fourth-order valence-electron chi connectivity index (χ4n) is 3.91. The summed E-state index contributed by atoms with van der Waals surface area (Å²) in [7, 11) is -3.68. The fourth-order valence-corrected chi connectivity index (χ4v) is 6.00. The first-order valence-electron chi connectivity index (χ1n) is 10.7. The minimum absolute atomic E-state index is 0.189. The van der Waals surface area contributed by atoms with Gasteiger partial charge in [-0.05, 0) is 32.0 Å². The van der Waals surface area contributed by atoms with Crippen LogP contribution in [0.5, 0.6) is 5.75 Å². The van der Waals surface area contributed by atoms with Crippen molar-refractivity contribution in [1.29, 1.82) is 0 Å². The third-order valence-electron chi connectivity index (χ3n) is 5.53. The minimum Gasteiger partial charge on any atom is -0.492 e. The lowest BCUT2D eigenvalue weighted by Crippen LogP contribution is -2.49. The highest BCUT2D eigenvalue weighted by Crippen LogP contribution is 2.31. The molecule has 4 rings (SSSR count). The summed E-state index contributed by atoms with van der Waals surface area (Å²) in [4.78, 5) is 13.7. The molecule has 174 valence electrons. The second-order valence-electron chi connectivity index (χ2n) is 7.65. The molecule has 0 radical (unpaired) electrons. The van der Waals surface area contributed by atoms with Crippen LogP contribution in [0.25, 0.3) is 0 Å². The highest BCUT2D eigenvalue weighted by Gasteiger charge is 2.32. The highest BCUT2D eigenvalue weighted by molar-refractivity contribution is 9.10. The van der Waals surface area contributed by atoms with Crippen molar-refractivity contribution in [2.75, 3.05) is 68.9 Å². The maximum atomic E-state index is 13.4. The summed E-state index contributed by atoms with van der Waals surface area (Å²) in [6, 6.07) is 7.07. The first-order valence-corrected chi connectivity index (χ1v) is 13.0. The van der Waals surface area contributed by atoms with Gasteiger partial charge in [0, 0.05) is 49.8 Å². The molecule has 1 aromatic carbocycles. The Morgan fingerprint density at radius 1 is 1.00 bits per heavy atom. The summed E-state index contributed by atoms with van der Waals surface area (Å²) in [5, 5.41) is 0. The summed E-state index contributed by atoms with van der Waals surface area (Å²) in [5.74, 6) is 2.80. The van der Waals surface area contributed by atoms with E-state index in [9.17, 15) is 8.42 Å². The molecule has 2 saturated heterocycles. The number of hydrogen-bond acceptors (Lipinski definition) is 8. The van der Waals surface area contributed by atoms with Crippen LogP contribution >= 0.6 is 15.9 Å². The number of halogens is 1. The van der Waals surface area contributed by atoms with E-state index >= 15 is 0 Å². The second kappa shape index (κ2) is 9.90. The quantitative estimate of drug-likeness (QED) is 0.567. The predicted molar refractivity (Wildman–Crippen MR) is 126 cm³/mol. The molecular formula is C21H28BrN5O4S. The minimum atomic E-state index is -3.68. The molecule has 0 saturated carbocycles. The summed E-state index contributed by atoms with van der Waals surface area (Å²) < 4.78 is 39.9. The number of ether oxygens (including phenoxy) is 2. The molecule has 2 aliphatic rings. The van der Waals surface area contributed by atoms with Gasteiger partial charge in [0.2, 0.25) is 10.0 Å². The standard InChI is InChI=1S/C21H28BrN5O4S/c1-3-31-18-5-4-17(22)14-19(18)32(28,29)27-8-6-25(7-9-27)20-15-21(24-16(2)23-20)26-10-12-30-13-11-26/h4-5,14-15H,3,6-13H2,1-2H3. The van der Waals surface area contributed by atoms with Crippen molar-refractivity contribution >= 4 is 37.6 Å². The lowest BCUT2D eigenvalue weighted by Gasteiger charge is -2.35. The van der Waals surface area contributed by atoms with E-state index in [1.165, 1.54) is 4.31 Å². The van der Waals surface area contributed by atoms with Crippen molar-refractivity contribution in [3.8, 4) is 5.75 Å². The van der Waals surface area contributed by atoms with Gasteiger partial charge in [0.05, 0.1) is 19.8 Å². The van der Waals surface area contributed by atoms with E-state index in [1.807, 2.05) is 19.9 Å². The van der Waals surface area contributed by atoms with Crippen molar-refractivity contribution in [3.05, 3.63) is 34.6 Å². The van der Waals surface area contributed by atoms with Crippen LogP contribution in [0.4, 0.5) is 11.6 Å². The normalized spacial score (nSPS) is 18.1. The molecule has 0 spiro atoms. The van der Waals surface area contributed by atoms with E-state index in [0.717, 1.165) is 24.7 Å². The van der Waals surface area contributed by atoms with Crippen molar-refractivity contribution < 1.29 is 17.9 Å². The van der Waals surface area contributed by atoms with Gasteiger partial charge in [-0.15, -0.1) is 0 Å². The van der Waals surface area contributed by atoms with Crippen molar-refractivity contribution in [1.82, 2.24) is 14.3 Å². The Morgan fingerprint density at radius 2 is 1.62 bits per heavy atom. The van der Waals surface area contributed by atoms with Crippen LogP contribution in [0.15, 0.2) is 33.6 Å². The third kappa shape index (κ3) is 5.00. The Balaban J connectivity index is 1.50. The van der Waals surface area contributed by atoms with Gasteiger partial charge in [-0.3, -0.25) is 0 Å². The summed E-state index contributed by atoms with van der Waals surface area (Å²) >= 11 is 3.38. The molecule has 3 heterocycles. The average Bonchev–Trinajstić information content (AvgIpc) is 2.80. The predicted octanol–water partition coefficient (Wildman–Crippen LogP) is 2.29. The van der Waals surface area contributed by atoms with E-state index in [4.69, 9.17) is 9.47 Å². The van der Waals surface area contributed by atoms with Crippen LogP contribution in [-0.2, 0) is 14.8 Å². The lowest BCUT2D eigenvalue weighted by atomic mass is 10.3. The molecular weight excluding hydrogens is 498 g/mol. The molecule has 2 aromatic rings. The molecule has 0 amide bonds. The molecule has 2 aliphatic heterocycles. The molecule has 0 bridgehead atoms. The zero-order valence-corrected chi connectivity index (χ0v) is 20.7. The highest BCUT2D eigenvalue weighted by atomic mass is 79.9. The van der Waals surface area contributed by atoms with Gasteiger partial charge in [-0.2, -0.15) is 4.31 Å². The molecule has 0 atom stereocenters. The lowest BCUT2D eigenvalue weighted by molar-refractivity contribution is 0.122. The average molecular weight is 526 g/mol. The molecule has 11 heteroatoms. The number of aryl methyl sites for hydroxylation is 1. The SMILES string of the molecule is CCOc1ccc(Br)cc1S(=O)(=O)N1CCN(c2cc(N3CCOCC3)nc(C)n2)CC1. The number of rotatable bonds is 6. The number of piperazine rings is 1.